The Hall–Kier alpha value is -2.66. The summed E-state index contributed by atoms with van der Waals surface area (Å²) in [6.07, 6.45) is 1.76. The molecule has 1 amide bonds. The van der Waals surface area contributed by atoms with E-state index in [0.717, 1.165) is 11.1 Å². The molecule has 25 heavy (non-hydrogen) atoms. The first kappa shape index (κ1) is 15.8. The number of thiazole rings is 1. The van der Waals surface area contributed by atoms with E-state index in [0.29, 0.717) is 23.8 Å². The molecule has 0 aliphatic carbocycles. The van der Waals surface area contributed by atoms with Crippen LogP contribution in [0.3, 0.4) is 0 Å². The highest BCUT2D eigenvalue weighted by Gasteiger charge is 2.33. The van der Waals surface area contributed by atoms with E-state index in [4.69, 9.17) is 4.74 Å². The van der Waals surface area contributed by atoms with Crippen molar-refractivity contribution < 1.29 is 9.53 Å². The van der Waals surface area contributed by atoms with E-state index in [2.05, 4.69) is 36.2 Å². The summed E-state index contributed by atoms with van der Waals surface area (Å²) >= 11 is 1.47. The first-order chi connectivity index (χ1) is 12.2. The van der Waals surface area contributed by atoms with E-state index in [-0.39, 0.29) is 12.0 Å². The number of hydrogen-bond acceptors (Lipinski definition) is 4. The molecule has 0 bridgehead atoms. The molecule has 1 saturated heterocycles. The van der Waals surface area contributed by atoms with Gasteiger partial charge in [0.25, 0.3) is 11.1 Å². The maximum absolute atomic E-state index is 12.5. The van der Waals surface area contributed by atoms with Gasteiger partial charge in [-0.1, -0.05) is 53.3 Å². The second kappa shape index (κ2) is 6.69. The van der Waals surface area contributed by atoms with Crippen molar-refractivity contribution in [3.8, 4) is 16.3 Å². The highest BCUT2D eigenvalue weighted by atomic mass is 32.1. The zero-order valence-corrected chi connectivity index (χ0v) is 14.7. The Morgan fingerprint density at radius 1 is 1.08 bits per heavy atom. The Morgan fingerprint density at radius 3 is 2.32 bits per heavy atom. The fraction of sp³-hybridized carbons (Fsp3) is 0.200. The minimum atomic E-state index is 0.0435. The van der Waals surface area contributed by atoms with Crippen molar-refractivity contribution >= 4 is 17.2 Å². The summed E-state index contributed by atoms with van der Waals surface area (Å²) in [5, 5.41) is 2.55. The summed E-state index contributed by atoms with van der Waals surface area (Å²) in [7, 11) is 0. The van der Waals surface area contributed by atoms with Crippen LogP contribution in [0.5, 0.6) is 5.19 Å². The van der Waals surface area contributed by atoms with Crippen LogP contribution in [0.15, 0.2) is 60.1 Å². The highest BCUT2D eigenvalue weighted by molar-refractivity contribution is 7.11. The number of carbonyl (C=O) groups excluding carboxylic acids is 1. The Bertz CT molecular complexity index is 852. The van der Waals surface area contributed by atoms with Crippen molar-refractivity contribution in [2.24, 2.45) is 0 Å². The van der Waals surface area contributed by atoms with Crippen LogP contribution in [0.2, 0.25) is 0 Å². The van der Waals surface area contributed by atoms with Gasteiger partial charge in [-0.3, -0.25) is 4.79 Å². The lowest BCUT2D eigenvalue weighted by Crippen LogP contribution is -2.56. The molecular weight excluding hydrogens is 332 g/mol. The summed E-state index contributed by atoms with van der Waals surface area (Å²) in [6, 6.07) is 16.2. The van der Waals surface area contributed by atoms with Gasteiger partial charge in [0.15, 0.2) is 0 Å². The van der Waals surface area contributed by atoms with E-state index in [1.165, 1.54) is 16.9 Å². The molecule has 0 unspecified atom stereocenters. The van der Waals surface area contributed by atoms with Gasteiger partial charge in [0.1, 0.15) is 6.10 Å². The van der Waals surface area contributed by atoms with Gasteiger partial charge in [0, 0.05) is 17.1 Å². The molecule has 5 heteroatoms. The molecule has 1 aliphatic heterocycles. The number of likely N-dealkylation sites (tertiary alicyclic amines) is 1. The average Bonchev–Trinajstić information content (AvgIpc) is 3.11. The Labute approximate surface area is 150 Å². The molecular formula is C20H18N2O2S. The van der Waals surface area contributed by atoms with Gasteiger partial charge in [-0.2, -0.15) is 0 Å². The highest BCUT2D eigenvalue weighted by Crippen LogP contribution is 2.23. The summed E-state index contributed by atoms with van der Waals surface area (Å²) < 4.78 is 5.71. The molecule has 0 atom stereocenters. The Morgan fingerprint density at radius 2 is 1.72 bits per heavy atom. The quantitative estimate of drug-likeness (QED) is 0.714. The molecule has 126 valence electrons. The Balaban J connectivity index is 1.37. The van der Waals surface area contributed by atoms with Crippen molar-refractivity contribution in [3.63, 3.8) is 0 Å². The lowest BCUT2D eigenvalue weighted by Gasteiger charge is -2.38. The number of benzene rings is 2. The number of carbonyl (C=O) groups is 1. The van der Waals surface area contributed by atoms with Crippen LogP contribution >= 0.6 is 11.3 Å². The predicted octanol–water partition coefficient (Wildman–Crippen LogP) is 4.02. The SMILES string of the molecule is Cc1ccc(-c2ccc(C(=O)N3CC(Oc4nccs4)C3)cc2)cc1. The summed E-state index contributed by atoms with van der Waals surface area (Å²) in [5.41, 5.74) is 4.22. The van der Waals surface area contributed by atoms with Crippen LogP contribution in [-0.4, -0.2) is 35.0 Å². The number of hydrogen-bond donors (Lipinski definition) is 0. The van der Waals surface area contributed by atoms with Gasteiger partial charge < -0.3 is 9.64 Å². The molecule has 0 spiro atoms. The third-order valence-electron chi connectivity index (χ3n) is 4.33. The number of aryl methyl sites for hydroxylation is 1. The lowest BCUT2D eigenvalue weighted by atomic mass is 10.0. The van der Waals surface area contributed by atoms with Crippen LogP contribution < -0.4 is 4.74 Å². The monoisotopic (exact) mass is 350 g/mol. The molecule has 1 fully saturated rings. The number of aromatic nitrogens is 1. The van der Waals surface area contributed by atoms with E-state index >= 15 is 0 Å². The minimum Gasteiger partial charge on any atom is -0.463 e. The van der Waals surface area contributed by atoms with Crippen LogP contribution in [0.4, 0.5) is 0 Å². The number of ether oxygens (including phenoxy) is 1. The third-order valence-corrected chi connectivity index (χ3v) is 4.99. The van der Waals surface area contributed by atoms with E-state index in [1.807, 2.05) is 29.6 Å². The first-order valence-corrected chi connectivity index (χ1v) is 9.09. The molecule has 1 aromatic heterocycles. The smallest absolute Gasteiger partial charge is 0.273 e. The molecule has 4 rings (SSSR count). The Kier molecular flexibility index (Phi) is 4.24. The van der Waals surface area contributed by atoms with Gasteiger partial charge in [0.05, 0.1) is 13.1 Å². The molecule has 4 nitrogen and oxygen atoms in total. The molecule has 0 radical (unpaired) electrons. The summed E-state index contributed by atoms with van der Waals surface area (Å²) in [4.78, 5) is 18.4. The number of rotatable bonds is 4. The molecule has 2 aromatic carbocycles. The fourth-order valence-electron chi connectivity index (χ4n) is 2.82. The van der Waals surface area contributed by atoms with Crippen molar-refractivity contribution in [3.05, 3.63) is 71.2 Å². The molecule has 0 saturated carbocycles. The van der Waals surface area contributed by atoms with Crippen LogP contribution in [0, 0.1) is 6.92 Å². The topological polar surface area (TPSA) is 42.4 Å². The predicted molar refractivity (Wildman–Crippen MR) is 99.0 cm³/mol. The zero-order valence-electron chi connectivity index (χ0n) is 13.9. The largest absolute Gasteiger partial charge is 0.463 e. The minimum absolute atomic E-state index is 0.0435. The third kappa shape index (κ3) is 3.42. The second-order valence-corrected chi connectivity index (χ2v) is 7.05. The van der Waals surface area contributed by atoms with Gasteiger partial charge >= 0.3 is 0 Å². The van der Waals surface area contributed by atoms with Crippen molar-refractivity contribution in [2.45, 2.75) is 13.0 Å². The molecule has 3 aromatic rings. The molecule has 2 heterocycles. The van der Waals surface area contributed by atoms with E-state index < -0.39 is 0 Å². The standard InChI is InChI=1S/C20H18N2O2S/c1-14-2-4-15(5-3-14)16-6-8-17(9-7-16)19(23)22-12-18(13-22)24-20-21-10-11-25-20/h2-11,18H,12-13H2,1H3. The van der Waals surface area contributed by atoms with Gasteiger partial charge in [-0.15, -0.1) is 0 Å². The first-order valence-electron chi connectivity index (χ1n) is 8.21. The van der Waals surface area contributed by atoms with Crippen molar-refractivity contribution in [1.82, 2.24) is 9.88 Å². The summed E-state index contributed by atoms with van der Waals surface area (Å²) in [5.74, 6) is 0.0504. The molecule has 0 N–H and O–H groups in total. The maximum Gasteiger partial charge on any atom is 0.273 e. The second-order valence-electron chi connectivity index (χ2n) is 6.19. The number of amides is 1. The zero-order chi connectivity index (χ0) is 17.2. The summed E-state index contributed by atoms with van der Waals surface area (Å²) in [6.45, 7) is 3.29. The fourth-order valence-corrected chi connectivity index (χ4v) is 3.37. The van der Waals surface area contributed by atoms with Crippen LogP contribution in [0.1, 0.15) is 15.9 Å². The number of nitrogens with zero attached hydrogens (tertiary/aromatic N) is 2. The maximum atomic E-state index is 12.5. The normalized spacial score (nSPS) is 14.2. The van der Waals surface area contributed by atoms with Crippen molar-refractivity contribution in [1.29, 1.82) is 0 Å². The van der Waals surface area contributed by atoms with Crippen molar-refractivity contribution in [2.75, 3.05) is 13.1 Å². The van der Waals surface area contributed by atoms with Gasteiger partial charge in [0.2, 0.25) is 0 Å². The molecule has 1 aliphatic rings. The van der Waals surface area contributed by atoms with Crippen LogP contribution in [-0.2, 0) is 0 Å². The van der Waals surface area contributed by atoms with Gasteiger partial charge in [-0.25, -0.2) is 4.98 Å². The lowest BCUT2D eigenvalue weighted by molar-refractivity contribution is 0.0177. The van der Waals surface area contributed by atoms with Crippen LogP contribution in [0.25, 0.3) is 11.1 Å². The van der Waals surface area contributed by atoms with E-state index in [1.54, 1.807) is 11.1 Å². The van der Waals surface area contributed by atoms with Gasteiger partial charge in [-0.05, 0) is 30.2 Å². The van der Waals surface area contributed by atoms with E-state index in [9.17, 15) is 4.79 Å². The average molecular weight is 350 g/mol.